The SMILES string of the molecule is CCOC(=O)[C@@H](CC)n1cnc2sc(C(=O)Nc3ccc(C)cc3C)c(C)c2c1=O. The monoisotopic (exact) mass is 427 g/mol. The molecule has 0 unspecified atom stereocenters. The van der Waals surface area contributed by atoms with Crippen LogP contribution in [0.5, 0.6) is 0 Å². The van der Waals surface area contributed by atoms with E-state index in [-0.39, 0.29) is 18.1 Å². The molecular weight excluding hydrogens is 402 g/mol. The minimum Gasteiger partial charge on any atom is -0.464 e. The smallest absolute Gasteiger partial charge is 0.329 e. The number of carbonyl (C=O) groups excluding carboxylic acids is 2. The predicted octanol–water partition coefficient (Wildman–Crippen LogP) is 4.15. The maximum absolute atomic E-state index is 13.1. The quantitative estimate of drug-likeness (QED) is 0.597. The van der Waals surface area contributed by atoms with Gasteiger partial charge in [-0.2, -0.15) is 0 Å². The lowest BCUT2D eigenvalue weighted by Gasteiger charge is -2.16. The summed E-state index contributed by atoms with van der Waals surface area (Å²) in [6.45, 7) is 9.42. The zero-order chi connectivity index (χ0) is 22.0. The normalized spacial score (nSPS) is 12.0. The molecule has 3 aromatic rings. The van der Waals surface area contributed by atoms with Gasteiger partial charge >= 0.3 is 5.97 Å². The molecule has 2 heterocycles. The molecule has 7 nitrogen and oxygen atoms in total. The average Bonchev–Trinajstić information content (AvgIpc) is 3.04. The molecule has 158 valence electrons. The number of thiophene rings is 1. The van der Waals surface area contributed by atoms with Gasteiger partial charge in [0.1, 0.15) is 10.9 Å². The van der Waals surface area contributed by atoms with Gasteiger partial charge in [-0.15, -0.1) is 11.3 Å². The number of aryl methyl sites for hydroxylation is 3. The first-order chi connectivity index (χ1) is 14.3. The Bertz CT molecular complexity index is 1180. The summed E-state index contributed by atoms with van der Waals surface area (Å²) in [5, 5.41) is 3.28. The van der Waals surface area contributed by atoms with E-state index >= 15 is 0 Å². The fraction of sp³-hybridized carbons (Fsp3) is 0.364. The van der Waals surface area contributed by atoms with Gasteiger partial charge in [0.15, 0.2) is 0 Å². The fourth-order valence-electron chi connectivity index (χ4n) is 3.42. The van der Waals surface area contributed by atoms with Gasteiger partial charge in [-0.3, -0.25) is 14.2 Å². The molecular formula is C22H25N3O4S. The van der Waals surface area contributed by atoms with Crippen LogP contribution in [0.15, 0.2) is 29.3 Å². The van der Waals surface area contributed by atoms with Crippen molar-refractivity contribution < 1.29 is 14.3 Å². The third-order valence-corrected chi connectivity index (χ3v) is 6.19. The molecule has 0 aliphatic carbocycles. The van der Waals surface area contributed by atoms with Gasteiger partial charge in [0.25, 0.3) is 11.5 Å². The van der Waals surface area contributed by atoms with Crippen LogP contribution in [0.1, 0.15) is 52.7 Å². The molecule has 1 amide bonds. The van der Waals surface area contributed by atoms with Gasteiger partial charge in [-0.05, 0) is 51.3 Å². The Labute approximate surface area is 178 Å². The van der Waals surface area contributed by atoms with E-state index in [1.165, 1.54) is 22.2 Å². The number of anilines is 1. The summed E-state index contributed by atoms with van der Waals surface area (Å²) < 4.78 is 6.39. The van der Waals surface area contributed by atoms with Gasteiger partial charge in [-0.25, -0.2) is 9.78 Å². The van der Waals surface area contributed by atoms with Crippen LogP contribution in [-0.4, -0.2) is 28.0 Å². The molecule has 1 aromatic carbocycles. The second-order valence-electron chi connectivity index (χ2n) is 7.14. The van der Waals surface area contributed by atoms with Crippen molar-refractivity contribution in [1.82, 2.24) is 9.55 Å². The zero-order valence-corrected chi connectivity index (χ0v) is 18.6. The van der Waals surface area contributed by atoms with Crippen molar-refractivity contribution in [2.24, 2.45) is 0 Å². The number of rotatable bonds is 6. The van der Waals surface area contributed by atoms with Gasteiger partial charge in [-0.1, -0.05) is 24.6 Å². The first kappa shape index (κ1) is 21.7. The van der Waals surface area contributed by atoms with Crippen molar-refractivity contribution in [3.05, 3.63) is 56.4 Å². The van der Waals surface area contributed by atoms with Crippen molar-refractivity contribution in [2.75, 3.05) is 11.9 Å². The molecule has 1 N–H and O–H groups in total. The van der Waals surface area contributed by atoms with Crippen LogP contribution in [0.4, 0.5) is 5.69 Å². The maximum Gasteiger partial charge on any atom is 0.329 e. The van der Waals surface area contributed by atoms with E-state index < -0.39 is 12.0 Å². The number of carbonyl (C=O) groups is 2. The third kappa shape index (κ3) is 4.00. The van der Waals surface area contributed by atoms with E-state index in [2.05, 4.69) is 10.3 Å². The Morgan fingerprint density at radius 1 is 1.23 bits per heavy atom. The lowest BCUT2D eigenvalue weighted by Crippen LogP contribution is -2.31. The molecule has 0 spiro atoms. The second kappa shape index (κ2) is 8.79. The summed E-state index contributed by atoms with van der Waals surface area (Å²) in [6.07, 6.45) is 1.76. The first-order valence-electron chi connectivity index (χ1n) is 9.83. The third-order valence-electron chi connectivity index (χ3n) is 4.99. The molecule has 30 heavy (non-hydrogen) atoms. The van der Waals surface area contributed by atoms with Crippen molar-refractivity contribution in [3.8, 4) is 0 Å². The topological polar surface area (TPSA) is 90.3 Å². The number of benzene rings is 1. The largest absolute Gasteiger partial charge is 0.464 e. The number of hydrogen-bond donors (Lipinski definition) is 1. The second-order valence-corrected chi connectivity index (χ2v) is 8.14. The maximum atomic E-state index is 13.1. The molecule has 0 bridgehead atoms. The van der Waals surface area contributed by atoms with Crippen molar-refractivity contribution >= 4 is 39.1 Å². The number of amides is 1. The number of fused-ring (bicyclic) bond motifs is 1. The summed E-state index contributed by atoms with van der Waals surface area (Å²) in [5.41, 5.74) is 3.01. The molecule has 0 saturated heterocycles. The number of ether oxygens (including phenoxy) is 1. The first-order valence-corrected chi connectivity index (χ1v) is 10.7. The number of esters is 1. The summed E-state index contributed by atoms with van der Waals surface area (Å²) in [5.74, 6) is -0.755. The summed E-state index contributed by atoms with van der Waals surface area (Å²) in [6, 6.07) is 5.04. The Morgan fingerprint density at radius 2 is 1.97 bits per heavy atom. The molecule has 0 radical (unpaired) electrons. The Morgan fingerprint density at radius 3 is 2.60 bits per heavy atom. The van der Waals surface area contributed by atoms with E-state index in [9.17, 15) is 14.4 Å². The van der Waals surface area contributed by atoms with Crippen molar-refractivity contribution in [2.45, 2.75) is 47.1 Å². The van der Waals surface area contributed by atoms with Crippen LogP contribution in [0.25, 0.3) is 10.2 Å². The van der Waals surface area contributed by atoms with Gasteiger partial charge in [0, 0.05) is 5.69 Å². The molecule has 1 atom stereocenters. The molecule has 0 fully saturated rings. The zero-order valence-electron chi connectivity index (χ0n) is 17.7. The van der Waals surface area contributed by atoms with Crippen molar-refractivity contribution in [1.29, 1.82) is 0 Å². The standard InChI is InChI=1S/C22H25N3O4S/c1-6-16(22(28)29-7-2)25-11-23-20-17(21(25)27)14(5)18(30-20)19(26)24-15-9-8-12(3)10-13(15)4/h8-11,16H,6-7H2,1-5H3,(H,24,26)/t16-/m1/s1. The highest BCUT2D eigenvalue weighted by Gasteiger charge is 2.25. The minimum absolute atomic E-state index is 0.236. The van der Waals surface area contributed by atoms with E-state index in [1.807, 2.05) is 39.0 Å². The molecule has 8 heteroatoms. The molecule has 0 aliphatic heterocycles. The Kier molecular flexibility index (Phi) is 6.36. The Hall–Kier alpha value is -3.00. The number of nitrogens with zero attached hydrogens (tertiary/aromatic N) is 2. The van der Waals surface area contributed by atoms with Crippen LogP contribution < -0.4 is 10.9 Å². The van der Waals surface area contributed by atoms with Crippen molar-refractivity contribution in [3.63, 3.8) is 0 Å². The highest BCUT2D eigenvalue weighted by Crippen LogP contribution is 2.29. The summed E-state index contributed by atoms with van der Waals surface area (Å²) in [4.78, 5) is 43.5. The predicted molar refractivity (Wildman–Crippen MR) is 118 cm³/mol. The van der Waals surface area contributed by atoms with Crippen LogP contribution in [0.3, 0.4) is 0 Å². The van der Waals surface area contributed by atoms with E-state index in [4.69, 9.17) is 4.74 Å². The molecule has 0 saturated carbocycles. The van der Waals surface area contributed by atoms with Crippen LogP contribution in [-0.2, 0) is 9.53 Å². The van der Waals surface area contributed by atoms with E-state index in [1.54, 1.807) is 13.8 Å². The lowest BCUT2D eigenvalue weighted by atomic mass is 10.1. The number of aromatic nitrogens is 2. The van der Waals surface area contributed by atoms with Gasteiger partial charge in [0.2, 0.25) is 0 Å². The molecule has 3 rings (SSSR count). The van der Waals surface area contributed by atoms with Gasteiger partial charge < -0.3 is 10.1 Å². The van der Waals surface area contributed by atoms with E-state index in [0.29, 0.717) is 27.1 Å². The Balaban J connectivity index is 2.01. The highest BCUT2D eigenvalue weighted by molar-refractivity contribution is 7.20. The summed E-state index contributed by atoms with van der Waals surface area (Å²) >= 11 is 1.17. The van der Waals surface area contributed by atoms with Gasteiger partial charge in [0.05, 0.1) is 23.2 Å². The fourth-order valence-corrected chi connectivity index (χ4v) is 4.46. The van der Waals surface area contributed by atoms with Crippen LogP contribution >= 0.6 is 11.3 Å². The number of nitrogens with one attached hydrogen (secondary N) is 1. The highest BCUT2D eigenvalue weighted by atomic mass is 32.1. The van der Waals surface area contributed by atoms with Crippen LogP contribution in [0.2, 0.25) is 0 Å². The molecule has 2 aromatic heterocycles. The lowest BCUT2D eigenvalue weighted by molar-refractivity contribution is -0.147. The summed E-state index contributed by atoms with van der Waals surface area (Å²) in [7, 11) is 0. The average molecular weight is 428 g/mol. The molecule has 0 aliphatic rings. The van der Waals surface area contributed by atoms with Crippen LogP contribution in [0, 0.1) is 20.8 Å². The van der Waals surface area contributed by atoms with E-state index in [0.717, 1.165) is 16.8 Å². The minimum atomic E-state index is -0.749. The number of hydrogen-bond acceptors (Lipinski definition) is 6.